The first-order chi connectivity index (χ1) is 13.4. The van der Waals surface area contributed by atoms with E-state index in [0.717, 1.165) is 31.2 Å². The number of piperazine rings is 1. The smallest absolute Gasteiger partial charge is 0.159 e. The summed E-state index contributed by atoms with van der Waals surface area (Å²) in [6.07, 6.45) is -0.563. The molecule has 3 rings (SSSR count). The molecule has 1 aliphatic heterocycles. The normalized spacial score (nSPS) is 15.0. The van der Waals surface area contributed by atoms with Crippen molar-refractivity contribution in [3.05, 3.63) is 58.6 Å². The van der Waals surface area contributed by atoms with Crippen molar-refractivity contribution in [1.82, 2.24) is 4.90 Å². The Kier molecular flexibility index (Phi) is 10.9. The van der Waals surface area contributed by atoms with E-state index in [9.17, 15) is 9.90 Å². The Balaban J connectivity index is 0.00000225. The Morgan fingerprint density at radius 3 is 2.33 bits per heavy atom. The Bertz CT molecular complexity index is 810. The maximum absolute atomic E-state index is 11.3. The van der Waals surface area contributed by atoms with Gasteiger partial charge in [0.05, 0.1) is 0 Å². The third-order valence-electron chi connectivity index (χ3n) is 5.06. The number of hydrogen-bond acceptors (Lipinski definition) is 5. The van der Waals surface area contributed by atoms with Crippen molar-refractivity contribution in [1.29, 1.82) is 0 Å². The lowest BCUT2D eigenvalue weighted by atomic mass is 10.1. The van der Waals surface area contributed by atoms with Gasteiger partial charge in [-0.2, -0.15) is 0 Å². The van der Waals surface area contributed by atoms with Crippen LogP contribution in [0.4, 0.5) is 5.69 Å². The number of halogens is 3. The molecule has 0 bridgehead atoms. The van der Waals surface area contributed by atoms with Crippen molar-refractivity contribution < 1.29 is 14.6 Å². The molecule has 0 aliphatic carbocycles. The number of ketones is 1. The molecule has 2 aromatic rings. The zero-order valence-corrected chi connectivity index (χ0v) is 19.6. The van der Waals surface area contributed by atoms with E-state index in [-0.39, 0.29) is 37.2 Å². The molecule has 0 saturated carbocycles. The van der Waals surface area contributed by atoms with Crippen LogP contribution >= 0.6 is 36.4 Å². The highest BCUT2D eigenvalue weighted by molar-refractivity contribution is 6.30. The molecule has 0 amide bonds. The molecule has 5 nitrogen and oxygen atoms in total. The molecule has 8 heteroatoms. The molecule has 1 aliphatic rings. The van der Waals surface area contributed by atoms with Crippen LogP contribution in [0.1, 0.15) is 22.8 Å². The molecule has 166 valence electrons. The Morgan fingerprint density at radius 2 is 1.73 bits per heavy atom. The van der Waals surface area contributed by atoms with E-state index in [2.05, 4.69) is 16.7 Å². The van der Waals surface area contributed by atoms with Crippen LogP contribution in [-0.4, -0.2) is 61.2 Å². The lowest BCUT2D eigenvalue weighted by Crippen LogP contribution is -2.49. The summed E-state index contributed by atoms with van der Waals surface area (Å²) in [6.45, 7) is 8.02. The molecule has 2 aromatic carbocycles. The summed E-state index contributed by atoms with van der Waals surface area (Å²) in [5.74, 6) is 0.684. The number of aliphatic hydroxyl groups excluding tert-OH is 1. The number of Topliss-reactive ketones (excluding diaryl/α,β-unsaturated/α-hetero) is 1. The Labute approximate surface area is 195 Å². The molecule has 1 fully saturated rings. The molecule has 1 saturated heterocycles. The second kappa shape index (κ2) is 12.4. The maximum atomic E-state index is 11.3. The standard InChI is InChI=1S/C22H27ClN2O3.2ClH/c1-16-3-6-19(23)13-22(16)25-11-9-24(10-12-25)14-20(27)15-28-21-7-4-18(5-8-21)17(2)26;;/h3-8,13,20,27H,9-12,14-15H2,1-2H3;2*1H. The summed E-state index contributed by atoms with van der Waals surface area (Å²) < 4.78 is 5.65. The maximum Gasteiger partial charge on any atom is 0.159 e. The highest BCUT2D eigenvalue weighted by Gasteiger charge is 2.21. The van der Waals surface area contributed by atoms with E-state index >= 15 is 0 Å². The molecule has 1 atom stereocenters. The lowest BCUT2D eigenvalue weighted by molar-refractivity contribution is 0.0663. The van der Waals surface area contributed by atoms with Crippen LogP contribution in [0.25, 0.3) is 0 Å². The first kappa shape index (κ1) is 26.5. The average molecular weight is 476 g/mol. The summed E-state index contributed by atoms with van der Waals surface area (Å²) in [4.78, 5) is 15.9. The zero-order chi connectivity index (χ0) is 20.1. The Morgan fingerprint density at radius 1 is 1.10 bits per heavy atom. The number of ether oxygens (including phenoxy) is 1. The third kappa shape index (κ3) is 7.33. The van der Waals surface area contributed by atoms with E-state index in [4.69, 9.17) is 16.3 Å². The summed E-state index contributed by atoms with van der Waals surface area (Å²) >= 11 is 6.14. The minimum atomic E-state index is -0.563. The van der Waals surface area contributed by atoms with E-state index in [1.54, 1.807) is 24.3 Å². The molecule has 0 radical (unpaired) electrons. The summed E-state index contributed by atoms with van der Waals surface area (Å²) in [7, 11) is 0. The van der Waals surface area contributed by atoms with E-state index in [1.165, 1.54) is 18.2 Å². The molecular formula is C22H29Cl3N2O3. The second-order valence-electron chi connectivity index (χ2n) is 7.26. The molecular weight excluding hydrogens is 447 g/mol. The zero-order valence-electron chi connectivity index (χ0n) is 17.2. The second-order valence-corrected chi connectivity index (χ2v) is 7.70. The fraction of sp³-hybridized carbons (Fsp3) is 0.409. The Hall–Kier alpha value is -1.50. The number of hydrogen-bond donors (Lipinski definition) is 1. The monoisotopic (exact) mass is 474 g/mol. The predicted molar refractivity (Wildman–Crippen MR) is 127 cm³/mol. The van der Waals surface area contributed by atoms with Crippen molar-refractivity contribution in [2.75, 3.05) is 44.2 Å². The van der Waals surface area contributed by atoms with Crippen LogP contribution in [0.15, 0.2) is 42.5 Å². The van der Waals surface area contributed by atoms with Crippen LogP contribution < -0.4 is 9.64 Å². The van der Waals surface area contributed by atoms with Gasteiger partial charge >= 0.3 is 0 Å². The lowest BCUT2D eigenvalue weighted by Gasteiger charge is -2.37. The van der Waals surface area contributed by atoms with Gasteiger partial charge < -0.3 is 14.7 Å². The van der Waals surface area contributed by atoms with E-state index in [1.807, 2.05) is 18.2 Å². The predicted octanol–water partition coefficient (Wildman–Crippen LogP) is 4.26. The van der Waals surface area contributed by atoms with Gasteiger partial charge in [0.2, 0.25) is 0 Å². The highest BCUT2D eigenvalue weighted by Crippen LogP contribution is 2.25. The molecule has 0 aromatic heterocycles. The average Bonchev–Trinajstić information content (AvgIpc) is 2.69. The third-order valence-corrected chi connectivity index (χ3v) is 5.29. The molecule has 1 unspecified atom stereocenters. The van der Waals surface area contributed by atoms with Gasteiger partial charge in [-0.05, 0) is 55.8 Å². The summed E-state index contributed by atoms with van der Waals surface area (Å²) in [5.41, 5.74) is 3.06. The minimum absolute atomic E-state index is 0. The quantitative estimate of drug-likeness (QED) is 0.607. The van der Waals surface area contributed by atoms with E-state index < -0.39 is 6.10 Å². The van der Waals surface area contributed by atoms with Gasteiger partial charge in [0.15, 0.2) is 5.78 Å². The van der Waals surface area contributed by atoms with Crippen molar-refractivity contribution in [2.24, 2.45) is 0 Å². The molecule has 1 heterocycles. The number of aryl methyl sites for hydroxylation is 1. The largest absolute Gasteiger partial charge is 0.491 e. The number of anilines is 1. The minimum Gasteiger partial charge on any atom is -0.491 e. The van der Waals surface area contributed by atoms with Gasteiger partial charge in [0, 0.05) is 49.0 Å². The number of carbonyl (C=O) groups excluding carboxylic acids is 1. The van der Waals surface area contributed by atoms with Gasteiger partial charge in [-0.25, -0.2) is 0 Å². The van der Waals surface area contributed by atoms with Crippen molar-refractivity contribution >= 4 is 47.9 Å². The highest BCUT2D eigenvalue weighted by atomic mass is 35.5. The van der Waals surface area contributed by atoms with Crippen LogP contribution in [0, 0.1) is 6.92 Å². The SMILES string of the molecule is CC(=O)c1ccc(OCC(O)CN2CCN(c3cc(Cl)ccc3C)CC2)cc1.Cl.Cl. The van der Waals surface area contributed by atoms with Gasteiger partial charge in [-0.15, -0.1) is 24.8 Å². The number of β-amino-alcohol motifs (C(OH)–C–C–N with tert-alkyl or cyclic N) is 1. The van der Waals surface area contributed by atoms with Crippen molar-refractivity contribution in [3.63, 3.8) is 0 Å². The van der Waals surface area contributed by atoms with Crippen LogP contribution in [0.2, 0.25) is 5.02 Å². The number of benzene rings is 2. The van der Waals surface area contributed by atoms with Crippen LogP contribution in [0.3, 0.4) is 0 Å². The van der Waals surface area contributed by atoms with Gasteiger partial charge in [0.25, 0.3) is 0 Å². The topological polar surface area (TPSA) is 53.0 Å². The number of carbonyl (C=O) groups is 1. The summed E-state index contributed by atoms with van der Waals surface area (Å²) in [5, 5.41) is 11.1. The van der Waals surface area contributed by atoms with Gasteiger partial charge in [-0.3, -0.25) is 9.69 Å². The molecule has 30 heavy (non-hydrogen) atoms. The summed E-state index contributed by atoms with van der Waals surface area (Å²) in [6, 6.07) is 13.0. The fourth-order valence-corrected chi connectivity index (χ4v) is 3.59. The van der Waals surface area contributed by atoms with Gasteiger partial charge in [-0.1, -0.05) is 17.7 Å². The number of aliphatic hydroxyl groups is 1. The van der Waals surface area contributed by atoms with Gasteiger partial charge in [0.1, 0.15) is 18.5 Å². The van der Waals surface area contributed by atoms with Crippen molar-refractivity contribution in [3.8, 4) is 5.75 Å². The number of rotatable bonds is 7. The number of nitrogens with zero attached hydrogens (tertiary/aromatic N) is 2. The molecule has 1 N–H and O–H groups in total. The van der Waals surface area contributed by atoms with E-state index in [0.29, 0.717) is 17.9 Å². The first-order valence-electron chi connectivity index (χ1n) is 9.57. The van der Waals surface area contributed by atoms with Crippen LogP contribution in [0.5, 0.6) is 5.75 Å². The fourth-order valence-electron chi connectivity index (χ4n) is 3.42. The molecule has 0 spiro atoms. The van der Waals surface area contributed by atoms with Crippen LogP contribution in [-0.2, 0) is 0 Å². The van der Waals surface area contributed by atoms with Crippen molar-refractivity contribution in [2.45, 2.75) is 20.0 Å². The first-order valence-corrected chi connectivity index (χ1v) is 9.95.